The van der Waals surface area contributed by atoms with E-state index < -0.39 is 5.92 Å². The lowest BCUT2D eigenvalue weighted by Crippen LogP contribution is -2.39. The Kier molecular flexibility index (Phi) is 5.01. The lowest BCUT2D eigenvalue weighted by atomic mass is 9.68. The summed E-state index contributed by atoms with van der Waals surface area (Å²) in [6.45, 7) is 6.07. The van der Waals surface area contributed by atoms with Gasteiger partial charge in [-0.3, -0.25) is 4.79 Å². The highest BCUT2D eigenvalue weighted by atomic mass is 16.5. The Labute approximate surface area is 171 Å². The molecule has 1 atom stereocenters. The molecule has 1 heterocycles. The number of hydrogen-bond donors (Lipinski definition) is 2. The van der Waals surface area contributed by atoms with Crippen LogP contribution in [0.15, 0.2) is 46.8 Å². The van der Waals surface area contributed by atoms with Crippen molar-refractivity contribution >= 4 is 11.8 Å². The summed E-state index contributed by atoms with van der Waals surface area (Å²) in [5, 5.41) is 13.1. The molecular formula is C24H29NO4. The minimum Gasteiger partial charge on any atom is -0.508 e. The number of ether oxygens (including phenoxy) is 1. The summed E-state index contributed by atoms with van der Waals surface area (Å²) in [5.74, 6) is -0.585. The average Bonchev–Trinajstić information content (AvgIpc) is 3.13. The lowest BCUT2D eigenvalue weighted by molar-refractivity contribution is -0.144. The van der Waals surface area contributed by atoms with Crippen molar-refractivity contribution in [3.63, 3.8) is 0 Å². The molecule has 3 aliphatic rings. The van der Waals surface area contributed by atoms with Gasteiger partial charge in [0.15, 0.2) is 5.78 Å². The first kappa shape index (κ1) is 19.7. The number of carbonyl (C=O) groups excluding carboxylic acids is 2. The van der Waals surface area contributed by atoms with Gasteiger partial charge in [0, 0.05) is 29.3 Å². The smallest absolute Gasteiger partial charge is 0.337 e. The maximum absolute atomic E-state index is 13.2. The maximum Gasteiger partial charge on any atom is 0.337 e. The normalized spacial score (nSPS) is 24.4. The summed E-state index contributed by atoms with van der Waals surface area (Å²) in [6, 6.07) is 6.78. The topological polar surface area (TPSA) is 75.6 Å². The van der Waals surface area contributed by atoms with Gasteiger partial charge in [-0.1, -0.05) is 26.0 Å². The molecule has 1 saturated carbocycles. The van der Waals surface area contributed by atoms with Gasteiger partial charge in [-0.2, -0.15) is 0 Å². The summed E-state index contributed by atoms with van der Waals surface area (Å²) in [6.07, 6.45) is 5.13. The van der Waals surface area contributed by atoms with Crippen LogP contribution in [0.2, 0.25) is 0 Å². The van der Waals surface area contributed by atoms with E-state index in [0.29, 0.717) is 17.6 Å². The second-order valence-corrected chi connectivity index (χ2v) is 9.33. The molecule has 5 heteroatoms. The number of phenolic OH excluding ortho intramolecular Hbond substituents is 1. The summed E-state index contributed by atoms with van der Waals surface area (Å²) in [5.41, 5.74) is 3.52. The molecule has 0 saturated heterocycles. The van der Waals surface area contributed by atoms with Crippen molar-refractivity contribution in [1.82, 2.24) is 5.32 Å². The van der Waals surface area contributed by atoms with Crippen LogP contribution >= 0.6 is 0 Å². The number of benzene rings is 1. The highest BCUT2D eigenvalue weighted by Gasteiger charge is 2.43. The molecule has 0 amide bonds. The van der Waals surface area contributed by atoms with Crippen LogP contribution in [0.25, 0.3) is 0 Å². The van der Waals surface area contributed by atoms with E-state index in [9.17, 15) is 14.7 Å². The second-order valence-electron chi connectivity index (χ2n) is 9.33. The van der Waals surface area contributed by atoms with Crippen molar-refractivity contribution < 1.29 is 19.4 Å². The van der Waals surface area contributed by atoms with Crippen LogP contribution in [0.3, 0.4) is 0 Å². The van der Waals surface area contributed by atoms with Gasteiger partial charge in [0.25, 0.3) is 0 Å². The molecule has 2 N–H and O–H groups in total. The molecule has 0 radical (unpaired) electrons. The van der Waals surface area contributed by atoms with Crippen molar-refractivity contribution in [1.29, 1.82) is 0 Å². The molecule has 0 aromatic heterocycles. The Bertz CT molecular complexity index is 901. The highest BCUT2D eigenvalue weighted by molar-refractivity contribution is 6.04. The van der Waals surface area contributed by atoms with E-state index in [4.69, 9.17) is 4.74 Å². The van der Waals surface area contributed by atoms with Crippen LogP contribution in [-0.4, -0.2) is 23.0 Å². The van der Waals surface area contributed by atoms with Crippen molar-refractivity contribution in [2.45, 2.75) is 71.3 Å². The van der Waals surface area contributed by atoms with Crippen LogP contribution in [0, 0.1) is 5.41 Å². The highest BCUT2D eigenvalue weighted by Crippen LogP contribution is 2.47. The fourth-order valence-electron chi connectivity index (χ4n) is 4.93. The van der Waals surface area contributed by atoms with Gasteiger partial charge in [-0.15, -0.1) is 0 Å². The third kappa shape index (κ3) is 3.83. The third-order valence-corrected chi connectivity index (χ3v) is 6.26. The molecule has 5 nitrogen and oxygen atoms in total. The number of allylic oxidation sites excluding steroid dienone is 3. The Morgan fingerprint density at radius 2 is 1.79 bits per heavy atom. The number of rotatable bonds is 3. The molecule has 0 unspecified atom stereocenters. The fourth-order valence-corrected chi connectivity index (χ4v) is 4.93. The Morgan fingerprint density at radius 1 is 1.14 bits per heavy atom. The van der Waals surface area contributed by atoms with E-state index in [0.717, 1.165) is 49.1 Å². The SMILES string of the molecule is CC1=C(C(=O)OC2CCCC2)[C@@H](c2ccc(O)cc2)C2=C(CC(C)(C)CC2=O)N1. The predicted octanol–water partition coefficient (Wildman–Crippen LogP) is 4.48. The zero-order valence-corrected chi connectivity index (χ0v) is 17.4. The van der Waals surface area contributed by atoms with E-state index >= 15 is 0 Å². The number of carbonyl (C=O) groups is 2. The van der Waals surface area contributed by atoms with E-state index in [2.05, 4.69) is 19.2 Å². The summed E-state index contributed by atoms with van der Waals surface area (Å²) < 4.78 is 5.83. The van der Waals surface area contributed by atoms with Gasteiger partial charge in [0.2, 0.25) is 0 Å². The van der Waals surface area contributed by atoms with Gasteiger partial charge in [0.1, 0.15) is 11.9 Å². The number of nitrogens with one attached hydrogen (secondary N) is 1. The van der Waals surface area contributed by atoms with Crippen molar-refractivity contribution in [3.8, 4) is 5.75 Å². The monoisotopic (exact) mass is 395 g/mol. The number of Topliss-reactive ketones (excluding diaryl/α,β-unsaturated/α-hetero) is 1. The standard InChI is InChI=1S/C24H29NO4/c1-14-20(23(28)29-17-6-4-5-7-17)21(15-8-10-16(26)11-9-15)22-18(25-14)12-24(2,3)13-19(22)27/h8-11,17,21,25-26H,4-7,12-13H2,1-3H3/t21-/m1/s1. The van der Waals surface area contributed by atoms with Gasteiger partial charge in [-0.25, -0.2) is 4.79 Å². The first-order valence-corrected chi connectivity index (χ1v) is 10.5. The molecule has 2 aliphatic carbocycles. The largest absolute Gasteiger partial charge is 0.508 e. The molecular weight excluding hydrogens is 366 g/mol. The zero-order chi connectivity index (χ0) is 20.8. The predicted molar refractivity (Wildman–Crippen MR) is 110 cm³/mol. The van der Waals surface area contributed by atoms with Crippen molar-refractivity contribution in [2.24, 2.45) is 5.41 Å². The summed E-state index contributed by atoms with van der Waals surface area (Å²) in [7, 11) is 0. The Hall–Kier alpha value is -2.56. The minimum atomic E-state index is -0.468. The van der Waals surface area contributed by atoms with E-state index in [-0.39, 0.29) is 29.0 Å². The molecule has 154 valence electrons. The van der Waals surface area contributed by atoms with Crippen LogP contribution in [0.1, 0.15) is 70.8 Å². The maximum atomic E-state index is 13.2. The average molecular weight is 395 g/mol. The second kappa shape index (κ2) is 7.36. The van der Waals surface area contributed by atoms with Crippen molar-refractivity contribution in [3.05, 3.63) is 52.4 Å². The van der Waals surface area contributed by atoms with Crippen molar-refractivity contribution in [2.75, 3.05) is 0 Å². The van der Waals surface area contributed by atoms with E-state index in [1.807, 2.05) is 6.92 Å². The van der Waals surface area contributed by atoms with Gasteiger partial charge in [-0.05, 0) is 62.1 Å². The summed E-state index contributed by atoms with van der Waals surface area (Å²) in [4.78, 5) is 26.4. The van der Waals surface area contributed by atoms with Crippen LogP contribution in [-0.2, 0) is 14.3 Å². The van der Waals surface area contributed by atoms with E-state index in [1.165, 1.54) is 0 Å². The number of hydrogen-bond acceptors (Lipinski definition) is 5. The number of aromatic hydroxyl groups is 1. The molecule has 1 aromatic carbocycles. The number of phenols is 1. The number of dihydropyridines is 1. The van der Waals surface area contributed by atoms with Crippen LogP contribution in [0.5, 0.6) is 5.75 Å². The van der Waals surface area contributed by atoms with Gasteiger partial charge < -0.3 is 15.2 Å². The number of esters is 1. The first-order chi connectivity index (χ1) is 13.7. The first-order valence-electron chi connectivity index (χ1n) is 10.5. The molecule has 0 spiro atoms. The lowest BCUT2D eigenvalue weighted by Gasteiger charge is -2.39. The fraction of sp³-hybridized carbons (Fsp3) is 0.500. The van der Waals surface area contributed by atoms with E-state index in [1.54, 1.807) is 24.3 Å². The molecule has 4 rings (SSSR count). The summed E-state index contributed by atoms with van der Waals surface area (Å²) >= 11 is 0. The quantitative estimate of drug-likeness (QED) is 0.738. The number of ketones is 1. The molecule has 1 aliphatic heterocycles. The van der Waals surface area contributed by atoms with Crippen LogP contribution in [0.4, 0.5) is 0 Å². The molecule has 1 fully saturated rings. The Balaban J connectivity index is 1.78. The molecule has 29 heavy (non-hydrogen) atoms. The van der Waals surface area contributed by atoms with Crippen LogP contribution < -0.4 is 5.32 Å². The minimum absolute atomic E-state index is 0.0420. The Morgan fingerprint density at radius 3 is 2.45 bits per heavy atom. The van der Waals surface area contributed by atoms with Gasteiger partial charge >= 0.3 is 5.97 Å². The van der Waals surface area contributed by atoms with Gasteiger partial charge in [0.05, 0.1) is 5.57 Å². The third-order valence-electron chi connectivity index (χ3n) is 6.26. The zero-order valence-electron chi connectivity index (χ0n) is 17.4. The molecule has 1 aromatic rings. The molecule has 0 bridgehead atoms.